The van der Waals surface area contributed by atoms with Crippen LogP contribution in [0.25, 0.3) is 0 Å². The summed E-state index contributed by atoms with van der Waals surface area (Å²) in [5, 5.41) is 6.36. The van der Waals surface area contributed by atoms with Crippen LogP contribution in [0.15, 0.2) is 0 Å². The van der Waals surface area contributed by atoms with Gasteiger partial charge in [-0.3, -0.25) is 4.79 Å². The molecule has 1 spiro atoms. The largest absolute Gasteiger partial charge is 0.356 e. The van der Waals surface area contributed by atoms with Crippen molar-refractivity contribution in [1.82, 2.24) is 10.6 Å². The Kier molecular flexibility index (Phi) is 2.77. The lowest BCUT2D eigenvalue weighted by atomic mass is 9.92. The average Bonchev–Trinajstić information content (AvgIpc) is 2.90. The molecule has 1 saturated heterocycles. The van der Waals surface area contributed by atoms with Crippen LogP contribution in [0.1, 0.15) is 32.6 Å². The van der Waals surface area contributed by atoms with Crippen molar-refractivity contribution in [3.05, 3.63) is 0 Å². The van der Waals surface area contributed by atoms with Crippen molar-refractivity contribution in [2.45, 2.75) is 32.6 Å². The Morgan fingerprint density at radius 1 is 1.50 bits per heavy atom. The maximum Gasteiger partial charge on any atom is 0.223 e. The maximum absolute atomic E-state index is 11.7. The fraction of sp³-hybridized carbons (Fsp3) is 0.909. The Hall–Kier alpha value is -0.570. The summed E-state index contributed by atoms with van der Waals surface area (Å²) in [6.07, 6.45) is 4.55. The van der Waals surface area contributed by atoms with Crippen LogP contribution < -0.4 is 10.6 Å². The molecule has 3 heteroatoms. The number of carbonyl (C=O) groups is 1. The molecular formula is C11H20N2O. The summed E-state index contributed by atoms with van der Waals surface area (Å²) in [5.74, 6) is 0.630. The van der Waals surface area contributed by atoms with Crippen LogP contribution in [0.5, 0.6) is 0 Å². The normalized spacial score (nSPS) is 28.8. The zero-order valence-electron chi connectivity index (χ0n) is 8.94. The molecule has 0 aromatic carbocycles. The van der Waals surface area contributed by atoms with Gasteiger partial charge in [0.2, 0.25) is 5.91 Å². The van der Waals surface area contributed by atoms with Gasteiger partial charge < -0.3 is 10.6 Å². The first-order valence-corrected chi connectivity index (χ1v) is 5.77. The molecule has 14 heavy (non-hydrogen) atoms. The summed E-state index contributed by atoms with van der Waals surface area (Å²) in [5.41, 5.74) is 0.392. The van der Waals surface area contributed by atoms with Gasteiger partial charge in [0.25, 0.3) is 0 Å². The summed E-state index contributed by atoms with van der Waals surface area (Å²) < 4.78 is 0. The third-order valence-electron chi connectivity index (χ3n) is 3.65. The van der Waals surface area contributed by atoms with E-state index in [1.807, 2.05) is 0 Å². The second kappa shape index (κ2) is 3.89. The highest BCUT2D eigenvalue weighted by Gasteiger charge is 2.57. The van der Waals surface area contributed by atoms with Gasteiger partial charge in [-0.1, -0.05) is 6.92 Å². The summed E-state index contributed by atoms with van der Waals surface area (Å²) in [7, 11) is 0. The quantitative estimate of drug-likeness (QED) is 0.704. The highest BCUT2D eigenvalue weighted by Crippen LogP contribution is 2.58. The molecule has 1 unspecified atom stereocenters. The number of rotatable bonds is 3. The molecule has 2 N–H and O–H groups in total. The third-order valence-corrected chi connectivity index (χ3v) is 3.65. The number of nitrogens with one attached hydrogen (secondary N) is 2. The van der Waals surface area contributed by atoms with Gasteiger partial charge in [-0.15, -0.1) is 0 Å². The first-order chi connectivity index (χ1) is 6.78. The Morgan fingerprint density at radius 3 is 2.86 bits per heavy atom. The lowest BCUT2D eigenvalue weighted by Crippen LogP contribution is -2.33. The monoisotopic (exact) mass is 196 g/mol. The molecular weight excluding hydrogens is 176 g/mol. The van der Waals surface area contributed by atoms with Crippen molar-refractivity contribution in [3.8, 4) is 0 Å². The Bertz CT molecular complexity index is 221. The van der Waals surface area contributed by atoms with Crippen LogP contribution in [0.3, 0.4) is 0 Å². The molecule has 1 heterocycles. The molecule has 1 saturated carbocycles. The molecule has 0 aromatic heterocycles. The summed E-state index contributed by atoms with van der Waals surface area (Å²) in [6.45, 7) is 5.12. The van der Waals surface area contributed by atoms with Crippen LogP contribution in [-0.2, 0) is 4.79 Å². The molecule has 0 aromatic rings. The number of hydrogen-bond donors (Lipinski definition) is 2. The maximum atomic E-state index is 11.7. The molecule has 2 aliphatic rings. The van der Waals surface area contributed by atoms with Crippen LogP contribution in [0.4, 0.5) is 0 Å². The topological polar surface area (TPSA) is 41.1 Å². The number of piperidine rings is 1. The SMILES string of the molecule is CCCNC(=O)C1CC12CCNCC2. The van der Waals surface area contributed by atoms with E-state index in [1.54, 1.807) is 0 Å². The van der Waals surface area contributed by atoms with Gasteiger partial charge in [-0.25, -0.2) is 0 Å². The standard InChI is InChI=1S/C11H20N2O/c1-2-5-13-10(14)9-8-11(9)3-6-12-7-4-11/h9,12H,2-8H2,1H3,(H,13,14). The molecule has 1 aliphatic heterocycles. The third kappa shape index (κ3) is 1.78. The minimum atomic E-state index is 0.300. The lowest BCUT2D eigenvalue weighted by molar-refractivity contribution is -0.123. The molecule has 1 amide bonds. The number of hydrogen-bond acceptors (Lipinski definition) is 2. The molecule has 0 bridgehead atoms. The van der Waals surface area contributed by atoms with E-state index in [0.29, 0.717) is 17.2 Å². The summed E-state index contributed by atoms with van der Waals surface area (Å²) in [6, 6.07) is 0. The van der Waals surface area contributed by atoms with E-state index in [2.05, 4.69) is 17.6 Å². The van der Waals surface area contributed by atoms with Gasteiger partial charge in [0, 0.05) is 12.5 Å². The first-order valence-electron chi connectivity index (χ1n) is 5.77. The molecule has 2 fully saturated rings. The fourth-order valence-electron chi connectivity index (χ4n) is 2.57. The van der Waals surface area contributed by atoms with Crippen molar-refractivity contribution < 1.29 is 4.79 Å². The second-order valence-electron chi connectivity index (χ2n) is 4.66. The van der Waals surface area contributed by atoms with Crippen LogP contribution in [-0.4, -0.2) is 25.5 Å². The summed E-state index contributed by atoms with van der Waals surface area (Å²) >= 11 is 0. The van der Waals surface area contributed by atoms with Gasteiger partial charge in [0.15, 0.2) is 0 Å². The van der Waals surface area contributed by atoms with Gasteiger partial charge in [0.1, 0.15) is 0 Å². The van der Waals surface area contributed by atoms with Gasteiger partial charge in [-0.2, -0.15) is 0 Å². The molecule has 0 radical (unpaired) electrons. The van der Waals surface area contributed by atoms with Crippen molar-refractivity contribution >= 4 is 5.91 Å². The van der Waals surface area contributed by atoms with E-state index >= 15 is 0 Å². The Balaban J connectivity index is 1.81. The van der Waals surface area contributed by atoms with Crippen molar-refractivity contribution in [3.63, 3.8) is 0 Å². The predicted octanol–water partition coefficient (Wildman–Crippen LogP) is 0.902. The minimum Gasteiger partial charge on any atom is -0.356 e. The lowest BCUT2D eigenvalue weighted by Gasteiger charge is -2.23. The predicted molar refractivity (Wildman–Crippen MR) is 55.9 cm³/mol. The van der Waals surface area contributed by atoms with E-state index in [9.17, 15) is 4.79 Å². The molecule has 2 rings (SSSR count). The minimum absolute atomic E-state index is 0.300. The van der Waals surface area contributed by atoms with Gasteiger partial charge >= 0.3 is 0 Å². The van der Waals surface area contributed by atoms with E-state index < -0.39 is 0 Å². The van der Waals surface area contributed by atoms with Crippen molar-refractivity contribution in [2.24, 2.45) is 11.3 Å². The van der Waals surface area contributed by atoms with Gasteiger partial charge in [0.05, 0.1) is 0 Å². The molecule has 1 atom stereocenters. The highest BCUT2D eigenvalue weighted by atomic mass is 16.2. The van der Waals surface area contributed by atoms with Crippen LogP contribution in [0, 0.1) is 11.3 Å². The number of amides is 1. The van der Waals surface area contributed by atoms with Crippen molar-refractivity contribution in [1.29, 1.82) is 0 Å². The zero-order chi connectivity index (χ0) is 10.0. The van der Waals surface area contributed by atoms with Crippen molar-refractivity contribution in [2.75, 3.05) is 19.6 Å². The van der Waals surface area contributed by atoms with Gasteiger partial charge in [-0.05, 0) is 44.2 Å². The zero-order valence-corrected chi connectivity index (χ0v) is 8.94. The van der Waals surface area contributed by atoms with Crippen LogP contribution in [0.2, 0.25) is 0 Å². The highest BCUT2D eigenvalue weighted by molar-refractivity contribution is 5.82. The van der Waals surface area contributed by atoms with E-state index in [0.717, 1.165) is 32.5 Å². The first kappa shape index (κ1) is 9.97. The number of carbonyl (C=O) groups excluding carboxylic acids is 1. The van der Waals surface area contributed by atoms with E-state index in [-0.39, 0.29) is 0 Å². The van der Waals surface area contributed by atoms with E-state index in [4.69, 9.17) is 0 Å². The molecule has 1 aliphatic carbocycles. The Labute approximate surface area is 85.6 Å². The smallest absolute Gasteiger partial charge is 0.223 e. The summed E-state index contributed by atoms with van der Waals surface area (Å²) in [4.78, 5) is 11.7. The van der Waals surface area contributed by atoms with E-state index in [1.165, 1.54) is 12.8 Å². The second-order valence-corrected chi connectivity index (χ2v) is 4.66. The molecule has 3 nitrogen and oxygen atoms in total. The fourth-order valence-corrected chi connectivity index (χ4v) is 2.57. The average molecular weight is 196 g/mol. The Morgan fingerprint density at radius 2 is 2.21 bits per heavy atom. The van der Waals surface area contributed by atoms with Crippen LogP contribution >= 0.6 is 0 Å². The molecule has 80 valence electrons.